The van der Waals surface area contributed by atoms with Crippen molar-refractivity contribution in [3.63, 3.8) is 0 Å². The summed E-state index contributed by atoms with van der Waals surface area (Å²) in [4.78, 5) is 0. The lowest BCUT2D eigenvalue weighted by molar-refractivity contribution is -0.160. The third-order valence-corrected chi connectivity index (χ3v) is 4.87. The minimum Gasteiger partial charge on any atom is -0.389 e. The molecule has 0 aromatic rings. The standard InChI is InChI=1S/C13H25NO/c1-10-6-11(2)8-13(15,7-10)12(9-14)4-3-5-12/h10-11,15H,3-9,14H2,1-2H3. The van der Waals surface area contributed by atoms with Crippen molar-refractivity contribution in [2.75, 3.05) is 6.54 Å². The lowest BCUT2D eigenvalue weighted by Crippen LogP contribution is -2.59. The van der Waals surface area contributed by atoms with Crippen molar-refractivity contribution in [2.45, 2.75) is 58.0 Å². The number of aliphatic hydroxyl groups is 1. The van der Waals surface area contributed by atoms with E-state index in [0.29, 0.717) is 18.4 Å². The van der Waals surface area contributed by atoms with Gasteiger partial charge in [0.1, 0.15) is 0 Å². The second kappa shape index (κ2) is 3.74. The summed E-state index contributed by atoms with van der Waals surface area (Å²) in [5, 5.41) is 10.9. The Morgan fingerprint density at radius 1 is 1.20 bits per heavy atom. The van der Waals surface area contributed by atoms with Crippen LogP contribution in [0.3, 0.4) is 0 Å². The van der Waals surface area contributed by atoms with E-state index in [4.69, 9.17) is 5.73 Å². The van der Waals surface area contributed by atoms with Gasteiger partial charge in [0.15, 0.2) is 0 Å². The molecule has 0 spiro atoms. The first-order valence-corrected chi connectivity index (χ1v) is 6.44. The molecular weight excluding hydrogens is 186 g/mol. The molecule has 2 atom stereocenters. The van der Waals surface area contributed by atoms with Crippen molar-refractivity contribution >= 4 is 0 Å². The molecule has 2 nitrogen and oxygen atoms in total. The summed E-state index contributed by atoms with van der Waals surface area (Å²) in [6.07, 6.45) is 6.73. The predicted molar refractivity (Wildman–Crippen MR) is 62.5 cm³/mol. The Bertz CT molecular complexity index is 219. The number of hydrogen-bond donors (Lipinski definition) is 2. The quantitative estimate of drug-likeness (QED) is 0.736. The van der Waals surface area contributed by atoms with E-state index in [1.165, 1.54) is 12.8 Å². The molecule has 0 radical (unpaired) electrons. The first-order chi connectivity index (χ1) is 7.01. The highest BCUT2D eigenvalue weighted by molar-refractivity contribution is 5.07. The SMILES string of the molecule is CC1CC(C)CC(O)(C2(CN)CCC2)C1. The molecule has 2 aliphatic carbocycles. The highest BCUT2D eigenvalue weighted by atomic mass is 16.3. The first-order valence-electron chi connectivity index (χ1n) is 6.44. The van der Waals surface area contributed by atoms with Gasteiger partial charge < -0.3 is 10.8 Å². The molecule has 2 heteroatoms. The zero-order valence-corrected chi connectivity index (χ0v) is 10.1. The second-order valence-electron chi connectivity index (χ2n) is 6.22. The van der Waals surface area contributed by atoms with E-state index in [9.17, 15) is 5.11 Å². The van der Waals surface area contributed by atoms with Crippen LogP contribution in [-0.2, 0) is 0 Å². The fraction of sp³-hybridized carbons (Fsp3) is 1.00. The van der Waals surface area contributed by atoms with E-state index < -0.39 is 5.60 Å². The summed E-state index contributed by atoms with van der Waals surface area (Å²) in [6.45, 7) is 5.20. The van der Waals surface area contributed by atoms with E-state index in [1.807, 2.05) is 0 Å². The number of nitrogens with two attached hydrogens (primary N) is 1. The van der Waals surface area contributed by atoms with Gasteiger partial charge in [0.2, 0.25) is 0 Å². The van der Waals surface area contributed by atoms with Gasteiger partial charge in [0.05, 0.1) is 5.60 Å². The predicted octanol–water partition coefficient (Wildman–Crippen LogP) is 2.30. The van der Waals surface area contributed by atoms with Gasteiger partial charge in [0, 0.05) is 12.0 Å². The van der Waals surface area contributed by atoms with Gasteiger partial charge in [-0.3, -0.25) is 0 Å². The minimum atomic E-state index is -0.461. The molecule has 0 aliphatic heterocycles. The lowest BCUT2D eigenvalue weighted by Gasteiger charge is -2.56. The summed E-state index contributed by atoms with van der Waals surface area (Å²) in [5.41, 5.74) is 5.52. The van der Waals surface area contributed by atoms with Crippen LogP contribution < -0.4 is 5.73 Å². The Kier molecular flexibility index (Phi) is 2.85. The molecule has 88 valence electrons. The molecule has 0 aromatic carbocycles. The fourth-order valence-corrected chi connectivity index (χ4v) is 3.99. The van der Waals surface area contributed by atoms with E-state index in [-0.39, 0.29) is 5.41 Å². The fourth-order valence-electron chi connectivity index (χ4n) is 3.99. The molecule has 2 rings (SSSR count). The van der Waals surface area contributed by atoms with Crippen LogP contribution in [0.2, 0.25) is 0 Å². The zero-order valence-electron chi connectivity index (χ0n) is 10.1. The van der Waals surface area contributed by atoms with Crippen molar-refractivity contribution in [2.24, 2.45) is 23.0 Å². The summed E-state index contributed by atoms with van der Waals surface area (Å²) in [6, 6.07) is 0. The van der Waals surface area contributed by atoms with Crippen LogP contribution >= 0.6 is 0 Å². The third-order valence-electron chi connectivity index (χ3n) is 4.87. The highest BCUT2D eigenvalue weighted by Gasteiger charge is 2.54. The van der Waals surface area contributed by atoms with Crippen LogP contribution in [0.25, 0.3) is 0 Å². The summed E-state index contributed by atoms with van der Waals surface area (Å²) in [7, 11) is 0. The molecule has 0 heterocycles. The van der Waals surface area contributed by atoms with Crippen LogP contribution in [0.4, 0.5) is 0 Å². The second-order valence-corrected chi connectivity index (χ2v) is 6.22. The smallest absolute Gasteiger partial charge is 0.0720 e. The maximum Gasteiger partial charge on any atom is 0.0720 e. The summed E-state index contributed by atoms with van der Waals surface area (Å²) < 4.78 is 0. The third kappa shape index (κ3) is 1.72. The molecule has 0 amide bonds. The Labute approximate surface area is 93.2 Å². The number of hydrogen-bond acceptors (Lipinski definition) is 2. The Morgan fingerprint density at radius 3 is 2.07 bits per heavy atom. The van der Waals surface area contributed by atoms with Crippen LogP contribution in [-0.4, -0.2) is 17.3 Å². The average Bonchev–Trinajstić information content (AvgIpc) is 1.98. The van der Waals surface area contributed by atoms with Gasteiger partial charge in [0.25, 0.3) is 0 Å². The molecule has 2 saturated carbocycles. The number of rotatable bonds is 2. The van der Waals surface area contributed by atoms with Gasteiger partial charge in [-0.15, -0.1) is 0 Å². The van der Waals surface area contributed by atoms with Crippen LogP contribution in [0.15, 0.2) is 0 Å². The van der Waals surface area contributed by atoms with Crippen molar-refractivity contribution < 1.29 is 5.11 Å². The highest BCUT2D eigenvalue weighted by Crippen LogP contribution is 2.55. The van der Waals surface area contributed by atoms with Gasteiger partial charge in [-0.2, -0.15) is 0 Å². The van der Waals surface area contributed by atoms with Gasteiger partial charge in [-0.25, -0.2) is 0 Å². The van der Waals surface area contributed by atoms with E-state index in [1.54, 1.807) is 0 Å². The van der Waals surface area contributed by atoms with Crippen LogP contribution in [0.5, 0.6) is 0 Å². The Morgan fingerprint density at radius 2 is 1.73 bits per heavy atom. The molecule has 2 aliphatic rings. The summed E-state index contributed by atoms with van der Waals surface area (Å²) in [5.74, 6) is 1.31. The largest absolute Gasteiger partial charge is 0.389 e. The Hall–Kier alpha value is -0.0800. The maximum atomic E-state index is 10.9. The molecule has 2 fully saturated rings. The monoisotopic (exact) mass is 211 g/mol. The van der Waals surface area contributed by atoms with Crippen LogP contribution in [0, 0.1) is 17.3 Å². The van der Waals surface area contributed by atoms with Gasteiger partial charge in [-0.1, -0.05) is 20.3 Å². The molecule has 0 bridgehead atoms. The normalized spacial score (nSPS) is 44.8. The first kappa shape index (κ1) is 11.4. The Balaban J connectivity index is 2.16. The van der Waals surface area contributed by atoms with Crippen LogP contribution in [0.1, 0.15) is 52.4 Å². The molecule has 3 N–H and O–H groups in total. The molecular formula is C13H25NO. The van der Waals surface area contributed by atoms with Gasteiger partial charge in [-0.05, 0) is 43.9 Å². The molecule has 0 aromatic heterocycles. The summed E-state index contributed by atoms with van der Waals surface area (Å²) >= 11 is 0. The topological polar surface area (TPSA) is 46.2 Å². The average molecular weight is 211 g/mol. The van der Waals surface area contributed by atoms with Gasteiger partial charge >= 0.3 is 0 Å². The van der Waals surface area contributed by atoms with Crippen molar-refractivity contribution in [1.29, 1.82) is 0 Å². The molecule has 0 saturated heterocycles. The van der Waals surface area contributed by atoms with Crippen molar-refractivity contribution in [3.05, 3.63) is 0 Å². The van der Waals surface area contributed by atoms with E-state index in [2.05, 4.69) is 13.8 Å². The van der Waals surface area contributed by atoms with E-state index in [0.717, 1.165) is 25.7 Å². The molecule has 2 unspecified atom stereocenters. The minimum absolute atomic E-state index is 0.0654. The van der Waals surface area contributed by atoms with Crippen molar-refractivity contribution in [1.82, 2.24) is 0 Å². The zero-order chi connectivity index (χ0) is 11.1. The van der Waals surface area contributed by atoms with Crippen molar-refractivity contribution in [3.8, 4) is 0 Å². The molecule has 15 heavy (non-hydrogen) atoms. The maximum absolute atomic E-state index is 10.9. The lowest BCUT2D eigenvalue weighted by atomic mass is 9.52. The van der Waals surface area contributed by atoms with E-state index >= 15 is 0 Å².